The van der Waals surface area contributed by atoms with Gasteiger partial charge in [-0.05, 0) is 13.0 Å². The zero-order valence-electron chi connectivity index (χ0n) is 9.11. The molecule has 2 aliphatic heterocycles. The maximum absolute atomic E-state index is 11.1. The highest BCUT2D eigenvalue weighted by atomic mass is 16.4. The quantitative estimate of drug-likeness (QED) is 0.549. The minimum Gasteiger partial charge on any atom is -0.481 e. The first kappa shape index (κ1) is 11.3. The van der Waals surface area contributed by atoms with Gasteiger partial charge in [0.25, 0.3) is 0 Å². The predicted molar refractivity (Wildman–Crippen MR) is 56.7 cm³/mol. The van der Waals surface area contributed by atoms with Crippen molar-refractivity contribution in [1.82, 2.24) is 10.2 Å². The molecule has 0 spiro atoms. The van der Waals surface area contributed by atoms with Crippen LogP contribution in [0.25, 0.3) is 0 Å². The molecule has 4 N–H and O–H groups in total. The van der Waals surface area contributed by atoms with Crippen LogP contribution in [0.15, 0.2) is 0 Å². The number of carbonyl (C=O) groups excluding carboxylic acids is 1. The van der Waals surface area contributed by atoms with Crippen LogP contribution >= 0.6 is 0 Å². The molecule has 0 aliphatic carbocycles. The molecular weight excluding hydrogens is 210 g/mol. The van der Waals surface area contributed by atoms with Gasteiger partial charge in [0.2, 0.25) is 5.91 Å². The topological polar surface area (TPSA) is 95.7 Å². The summed E-state index contributed by atoms with van der Waals surface area (Å²) >= 11 is 0. The van der Waals surface area contributed by atoms with E-state index in [4.69, 9.17) is 10.8 Å². The van der Waals surface area contributed by atoms with Crippen molar-refractivity contribution >= 4 is 11.9 Å². The summed E-state index contributed by atoms with van der Waals surface area (Å²) in [5, 5.41) is 12.0. The Labute approximate surface area is 93.8 Å². The zero-order valence-corrected chi connectivity index (χ0v) is 9.11. The average molecular weight is 227 g/mol. The molecule has 2 rings (SSSR count). The standard InChI is InChI=1S/C10H17N3O3/c11-9(16)7-1-2-13(4-7)10(3-8(14)15)5-12-6-10/h7,12H,1-6H2,(H2,11,16)(H,14,15). The number of likely N-dealkylation sites (tertiary alicyclic amines) is 1. The third-order valence-corrected chi connectivity index (χ3v) is 3.65. The van der Waals surface area contributed by atoms with Crippen molar-refractivity contribution in [1.29, 1.82) is 0 Å². The monoisotopic (exact) mass is 227 g/mol. The fourth-order valence-corrected chi connectivity index (χ4v) is 2.58. The Morgan fingerprint density at radius 2 is 2.19 bits per heavy atom. The molecule has 0 saturated carbocycles. The molecule has 6 heteroatoms. The van der Waals surface area contributed by atoms with Gasteiger partial charge in [0, 0.05) is 19.6 Å². The second kappa shape index (κ2) is 4.03. The van der Waals surface area contributed by atoms with Gasteiger partial charge < -0.3 is 16.2 Å². The van der Waals surface area contributed by atoms with Gasteiger partial charge in [-0.25, -0.2) is 0 Å². The highest BCUT2D eigenvalue weighted by molar-refractivity contribution is 5.77. The number of nitrogens with one attached hydrogen (secondary N) is 1. The van der Waals surface area contributed by atoms with Crippen molar-refractivity contribution in [3.63, 3.8) is 0 Å². The second-order valence-corrected chi connectivity index (χ2v) is 4.73. The predicted octanol–water partition coefficient (Wildman–Crippen LogP) is -1.39. The van der Waals surface area contributed by atoms with Gasteiger partial charge in [-0.1, -0.05) is 0 Å². The van der Waals surface area contributed by atoms with Gasteiger partial charge in [0.15, 0.2) is 0 Å². The minimum atomic E-state index is -0.788. The van der Waals surface area contributed by atoms with E-state index in [2.05, 4.69) is 10.2 Å². The van der Waals surface area contributed by atoms with Crippen molar-refractivity contribution in [2.24, 2.45) is 11.7 Å². The SMILES string of the molecule is NC(=O)C1CCN(C2(CC(=O)O)CNC2)C1. The minimum absolute atomic E-state index is 0.119. The normalized spacial score (nSPS) is 28.6. The Balaban J connectivity index is 2.01. The van der Waals surface area contributed by atoms with Gasteiger partial charge in [0.1, 0.15) is 0 Å². The summed E-state index contributed by atoms with van der Waals surface area (Å²) < 4.78 is 0. The summed E-state index contributed by atoms with van der Waals surface area (Å²) in [5.41, 5.74) is 4.97. The van der Waals surface area contributed by atoms with Crippen LogP contribution in [-0.2, 0) is 9.59 Å². The van der Waals surface area contributed by atoms with Gasteiger partial charge in [-0.3, -0.25) is 14.5 Å². The van der Waals surface area contributed by atoms with Crippen molar-refractivity contribution in [2.45, 2.75) is 18.4 Å². The lowest BCUT2D eigenvalue weighted by molar-refractivity contribution is -0.141. The summed E-state index contributed by atoms with van der Waals surface area (Å²) in [6, 6.07) is 0. The molecule has 1 unspecified atom stereocenters. The van der Waals surface area contributed by atoms with E-state index in [0.717, 1.165) is 13.0 Å². The average Bonchev–Trinajstić information content (AvgIpc) is 2.59. The molecule has 16 heavy (non-hydrogen) atoms. The van der Waals surface area contributed by atoms with Crippen molar-refractivity contribution < 1.29 is 14.7 Å². The summed E-state index contributed by atoms with van der Waals surface area (Å²) in [5.74, 6) is -1.18. The molecule has 0 bridgehead atoms. The summed E-state index contributed by atoms with van der Waals surface area (Å²) in [6.45, 7) is 2.74. The molecule has 0 radical (unpaired) electrons. The van der Waals surface area contributed by atoms with E-state index >= 15 is 0 Å². The number of hydrogen-bond donors (Lipinski definition) is 3. The van der Waals surface area contributed by atoms with Crippen molar-refractivity contribution in [2.75, 3.05) is 26.2 Å². The molecule has 0 aromatic carbocycles. The van der Waals surface area contributed by atoms with Crippen LogP contribution in [0.3, 0.4) is 0 Å². The maximum atomic E-state index is 11.1. The van der Waals surface area contributed by atoms with Crippen molar-refractivity contribution in [3.05, 3.63) is 0 Å². The number of primary amides is 1. The highest BCUT2D eigenvalue weighted by Crippen LogP contribution is 2.30. The first-order valence-electron chi connectivity index (χ1n) is 5.50. The van der Waals surface area contributed by atoms with Crippen LogP contribution in [0.1, 0.15) is 12.8 Å². The smallest absolute Gasteiger partial charge is 0.305 e. The number of nitrogens with two attached hydrogens (primary N) is 1. The Morgan fingerprint density at radius 1 is 1.50 bits per heavy atom. The van der Waals surface area contributed by atoms with Crippen LogP contribution in [0.5, 0.6) is 0 Å². The fraction of sp³-hybridized carbons (Fsp3) is 0.800. The number of carbonyl (C=O) groups is 2. The van der Waals surface area contributed by atoms with Gasteiger partial charge in [0.05, 0.1) is 17.9 Å². The number of aliphatic carboxylic acids is 1. The number of carboxylic acids is 1. The number of nitrogens with zero attached hydrogens (tertiary/aromatic N) is 1. The van der Waals surface area contributed by atoms with E-state index in [1.165, 1.54) is 0 Å². The van der Waals surface area contributed by atoms with Crippen LogP contribution in [0, 0.1) is 5.92 Å². The molecule has 2 heterocycles. The molecule has 2 fully saturated rings. The molecular formula is C10H17N3O3. The Bertz CT molecular complexity index is 314. The maximum Gasteiger partial charge on any atom is 0.305 e. The molecule has 2 saturated heterocycles. The first-order chi connectivity index (χ1) is 7.53. The summed E-state index contributed by atoms with van der Waals surface area (Å²) in [7, 11) is 0. The molecule has 1 amide bonds. The van der Waals surface area contributed by atoms with Gasteiger partial charge >= 0.3 is 5.97 Å². The number of amides is 1. The molecule has 0 aromatic rings. The van der Waals surface area contributed by atoms with Crippen LogP contribution in [0.2, 0.25) is 0 Å². The van der Waals surface area contributed by atoms with E-state index in [0.29, 0.717) is 19.6 Å². The lowest BCUT2D eigenvalue weighted by atomic mass is 9.86. The summed E-state index contributed by atoms with van der Waals surface area (Å²) in [4.78, 5) is 24.0. The van der Waals surface area contributed by atoms with Crippen molar-refractivity contribution in [3.8, 4) is 0 Å². The Morgan fingerprint density at radius 3 is 2.56 bits per heavy atom. The largest absolute Gasteiger partial charge is 0.481 e. The lowest BCUT2D eigenvalue weighted by Gasteiger charge is -2.48. The fourth-order valence-electron chi connectivity index (χ4n) is 2.58. The number of carboxylic acid groups (broad SMARTS) is 1. The van der Waals surface area contributed by atoms with Crippen LogP contribution < -0.4 is 11.1 Å². The third-order valence-electron chi connectivity index (χ3n) is 3.65. The highest BCUT2D eigenvalue weighted by Gasteiger charge is 2.47. The Hall–Kier alpha value is -1.14. The van der Waals surface area contributed by atoms with Crippen LogP contribution in [-0.4, -0.2) is 53.6 Å². The van der Waals surface area contributed by atoms with E-state index in [-0.39, 0.29) is 23.8 Å². The van der Waals surface area contributed by atoms with E-state index in [1.807, 2.05) is 0 Å². The molecule has 2 aliphatic rings. The molecule has 6 nitrogen and oxygen atoms in total. The van der Waals surface area contributed by atoms with Crippen LogP contribution in [0.4, 0.5) is 0 Å². The van der Waals surface area contributed by atoms with E-state index < -0.39 is 5.97 Å². The Kier molecular flexibility index (Phi) is 2.86. The number of rotatable bonds is 4. The second-order valence-electron chi connectivity index (χ2n) is 4.73. The number of hydrogen-bond acceptors (Lipinski definition) is 4. The van der Waals surface area contributed by atoms with Gasteiger partial charge in [-0.2, -0.15) is 0 Å². The lowest BCUT2D eigenvalue weighted by Crippen LogP contribution is -2.69. The molecule has 90 valence electrons. The first-order valence-corrected chi connectivity index (χ1v) is 5.50. The van der Waals surface area contributed by atoms with Gasteiger partial charge in [-0.15, -0.1) is 0 Å². The zero-order chi connectivity index (χ0) is 11.8. The molecule has 1 atom stereocenters. The molecule has 0 aromatic heterocycles. The third kappa shape index (κ3) is 1.90. The van der Waals surface area contributed by atoms with E-state index in [9.17, 15) is 9.59 Å². The van der Waals surface area contributed by atoms with E-state index in [1.54, 1.807) is 0 Å². The summed E-state index contributed by atoms with van der Waals surface area (Å²) in [6.07, 6.45) is 0.877.